The Hall–Kier alpha value is -1.74. The van der Waals surface area contributed by atoms with Crippen molar-refractivity contribution in [2.45, 2.75) is 32.2 Å². The first-order valence-corrected chi connectivity index (χ1v) is 6.82. The van der Waals surface area contributed by atoms with E-state index in [1.807, 2.05) is 12.1 Å². The SMILES string of the molecule is COc1cccc(-n2c(C)cc3c2CCCC3N)c1. The number of nitrogens with two attached hydrogens (primary N) is 1. The number of hydrogen-bond acceptors (Lipinski definition) is 2. The lowest BCUT2D eigenvalue weighted by molar-refractivity contribution is 0.414. The first-order chi connectivity index (χ1) is 9.20. The van der Waals surface area contributed by atoms with Gasteiger partial charge in [-0.3, -0.25) is 0 Å². The Morgan fingerprint density at radius 3 is 2.95 bits per heavy atom. The van der Waals surface area contributed by atoms with Gasteiger partial charge in [0.15, 0.2) is 0 Å². The summed E-state index contributed by atoms with van der Waals surface area (Å²) < 4.78 is 7.64. The Morgan fingerprint density at radius 1 is 1.32 bits per heavy atom. The minimum absolute atomic E-state index is 0.189. The van der Waals surface area contributed by atoms with Gasteiger partial charge in [-0.25, -0.2) is 0 Å². The maximum absolute atomic E-state index is 6.22. The molecule has 1 aromatic heterocycles. The molecule has 1 aromatic carbocycles. The van der Waals surface area contributed by atoms with Crippen LogP contribution in [0.15, 0.2) is 30.3 Å². The first kappa shape index (κ1) is 12.3. The normalized spacial score (nSPS) is 18.2. The summed E-state index contributed by atoms with van der Waals surface area (Å²) >= 11 is 0. The number of benzene rings is 1. The van der Waals surface area contributed by atoms with E-state index < -0.39 is 0 Å². The van der Waals surface area contributed by atoms with Crippen LogP contribution in [0.1, 0.15) is 35.8 Å². The first-order valence-electron chi connectivity index (χ1n) is 6.82. The summed E-state index contributed by atoms with van der Waals surface area (Å²) in [5.74, 6) is 0.888. The van der Waals surface area contributed by atoms with Crippen LogP contribution >= 0.6 is 0 Å². The second-order valence-corrected chi connectivity index (χ2v) is 5.22. The summed E-state index contributed by atoms with van der Waals surface area (Å²) in [7, 11) is 1.70. The smallest absolute Gasteiger partial charge is 0.120 e. The molecular formula is C16H20N2O. The van der Waals surface area contributed by atoms with Gasteiger partial charge in [-0.2, -0.15) is 0 Å². The summed E-state index contributed by atoms with van der Waals surface area (Å²) in [5.41, 5.74) is 11.3. The highest BCUT2D eigenvalue weighted by Crippen LogP contribution is 2.33. The number of rotatable bonds is 2. The molecule has 2 N–H and O–H groups in total. The van der Waals surface area contributed by atoms with Crippen molar-refractivity contribution < 1.29 is 4.74 Å². The van der Waals surface area contributed by atoms with E-state index in [-0.39, 0.29) is 6.04 Å². The van der Waals surface area contributed by atoms with Crippen molar-refractivity contribution in [1.82, 2.24) is 4.57 Å². The van der Waals surface area contributed by atoms with Gasteiger partial charge in [0.1, 0.15) is 5.75 Å². The number of nitrogens with zero attached hydrogens (tertiary/aromatic N) is 1. The summed E-state index contributed by atoms with van der Waals surface area (Å²) in [5, 5.41) is 0. The Balaban J connectivity index is 2.14. The molecule has 100 valence electrons. The highest BCUT2D eigenvalue weighted by Gasteiger charge is 2.22. The zero-order valence-corrected chi connectivity index (χ0v) is 11.5. The third kappa shape index (κ3) is 2.04. The van der Waals surface area contributed by atoms with Crippen molar-refractivity contribution >= 4 is 0 Å². The quantitative estimate of drug-likeness (QED) is 0.896. The van der Waals surface area contributed by atoms with Gasteiger partial charge in [0.05, 0.1) is 7.11 Å². The van der Waals surface area contributed by atoms with E-state index in [9.17, 15) is 0 Å². The molecule has 1 heterocycles. The molecule has 0 saturated carbocycles. The summed E-state index contributed by atoms with van der Waals surface area (Å²) in [4.78, 5) is 0. The van der Waals surface area contributed by atoms with E-state index in [0.717, 1.165) is 24.3 Å². The molecule has 0 bridgehead atoms. The Bertz CT molecular complexity index is 601. The Morgan fingerprint density at radius 2 is 2.16 bits per heavy atom. The standard InChI is InChI=1S/C16H20N2O/c1-11-9-14-15(17)7-4-8-16(14)18(11)12-5-3-6-13(10-12)19-2/h3,5-6,9-10,15H,4,7-8,17H2,1-2H3. The van der Waals surface area contributed by atoms with E-state index in [0.29, 0.717) is 0 Å². The molecule has 0 fully saturated rings. The van der Waals surface area contributed by atoms with Gasteiger partial charge in [0.25, 0.3) is 0 Å². The molecule has 0 radical (unpaired) electrons. The van der Waals surface area contributed by atoms with Crippen LogP contribution in [0.25, 0.3) is 5.69 Å². The average molecular weight is 256 g/mol. The largest absolute Gasteiger partial charge is 0.497 e. The summed E-state index contributed by atoms with van der Waals surface area (Å²) in [6.07, 6.45) is 3.37. The van der Waals surface area contributed by atoms with Gasteiger partial charge in [-0.15, -0.1) is 0 Å². The number of aromatic nitrogens is 1. The third-order valence-corrected chi connectivity index (χ3v) is 3.96. The molecular weight excluding hydrogens is 236 g/mol. The number of ether oxygens (including phenoxy) is 1. The lowest BCUT2D eigenvalue weighted by atomic mass is 9.93. The van der Waals surface area contributed by atoms with Crippen LogP contribution in [0, 0.1) is 6.92 Å². The average Bonchev–Trinajstić information content (AvgIpc) is 2.77. The fraction of sp³-hybridized carbons (Fsp3) is 0.375. The molecule has 0 amide bonds. The summed E-state index contributed by atoms with van der Waals surface area (Å²) in [6.45, 7) is 2.14. The maximum Gasteiger partial charge on any atom is 0.120 e. The predicted octanol–water partition coefficient (Wildman–Crippen LogP) is 3.13. The molecule has 0 saturated heterocycles. The van der Waals surface area contributed by atoms with Crippen LogP contribution in [-0.4, -0.2) is 11.7 Å². The van der Waals surface area contributed by atoms with Crippen molar-refractivity contribution in [2.24, 2.45) is 5.73 Å². The van der Waals surface area contributed by atoms with Gasteiger partial charge in [0, 0.05) is 29.2 Å². The van der Waals surface area contributed by atoms with Crippen LogP contribution < -0.4 is 10.5 Å². The molecule has 2 aromatic rings. The monoisotopic (exact) mass is 256 g/mol. The highest BCUT2D eigenvalue weighted by atomic mass is 16.5. The molecule has 1 unspecified atom stereocenters. The van der Waals surface area contributed by atoms with Crippen molar-refractivity contribution in [3.63, 3.8) is 0 Å². The van der Waals surface area contributed by atoms with E-state index in [2.05, 4.69) is 29.7 Å². The number of hydrogen-bond donors (Lipinski definition) is 1. The van der Waals surface area contributed by atoms with Crippen molar-refractivity contribution in [3.05, 3.63) is 47.3 Å². The molecule has 0 spiro atoms. The van der Waals surface area contributed by atoms with Crippen LogP contribution in [0.4, 0.5) is 0 Å². The molecule has 3 nitrogen and oxygen atoms in total. The minimum atomic E-state index is 0.189. The molecule has 1 aliphatic carbocycles. The van der Waals surface area contributed by atoms with Crippen LogP contribution in [0.5, 0.6) is 5.75 Å². The molecule has 1 aliphatic rings. The third-order valence-electron chi connectivity index (χ3n) is 3.96. The zero-order chi connectivity index (χ0) is 13.4. The second kappa shape index (κ2) is 4.74. The maximum atomic E-state index is 6.22. The number of methoxy groups -OCH3 is 1. The molecule has 3 rings (SSSR count). The van der Waals surface area contributed by atoms with E-state index >= 15 is 0 Å². The lowest BCUT2D eigenvalue weighted by Gasteiger charge is -2.21. The van der Waals surface area contributed by atoms with Crippen molar-refractivity contribution in [3.8, 4) is 11.4 Å². The minimum Gasteiger partial charge on any atom is -0.497 e. The predicted molar refractivity (Wildman–Crippen MR) is 76.9 cm³/mol. The summed E-state index contributed by atoms with van der Waals surface area (Å²) in [6, 6.07) is 10.6. The zero-order valence-electron chi connectivity index (χ0n) is 11.5. The van der Waals surface area contributed by atoms with Crippen LogP contribution in [-0.2, 0) is 6.42 Å². The number of fused-ring (bicyclic) bond motifs is 1. The highest BCUT2D eigenvalue weighted by molar-refractivity contribution is 5.46. The van der Waals surface area contributed by atoms with Crippen molar-refractivity contribution in [2.75, 3.05) is 7.11 Å². The molecule has 1 atom stereocenters. The van der Waals surface area contributed by atoms with Crippen molar-refractivity contribution in [1.29, 1.82) is 0 Å². The molecule has 19 heavy (non-hydrogen) atoms. The Labute approximate surface area is 114 Å². The van der Waals surface area contributed by atoms with Gasteiger partial charge in [0.2, 0.25) is 0 Å². The van der Waals surface area contributed by atoms with Crippen LogP contribution in [0.3, 0.4) is 0 Å². The van der Waals surface area contributed by atoms with Crippen LogP contribution in [0.2, 0.25) is 0 Å². The Kier molecular flexibility index (Phi) is 3.07. The fourth-order valence-electron chi connectivity index (χ4n) is 3.05. The van der Waals surface area contributed by atoms with Gasteiger partial charge in [-0.05, 0) is 49.9 Å². The van der Waals surface area contributed by atoms with E-state index in [1.54, 1.807) is 7.11 Å². The molecule has 3 heteroatoms. The van der Waals surface area contributed by atoms with Gasteiger partial charge >= 0.3 is 0 Å². The topological polar surface area (TPSA) is 40.2 Å². The van der Waals surface area contributed by atoms with E-state index in [4.69, 9.17) is 10.5 Å². The molecule has 0 aliphatic heterocycles. The van der Waals surface area contributed by atoms with E-state index in [1.165, 1.54) is 23.4 Å². The fourth-order valence-corrected chi connectivity index (χ4v) is 3.05. The second-order valence-electron chi connectivity index (χ2n) is 5.22. The lowest BCUT2D eigenvalue weighted by Crippen LogP contribution is -2.17. The van der Waals surface area contributed by atoms with Gasteiger partial charge < -0.3 is 15.0 Å². The van der Waals surface area contributed by atoms with Gasteiger partial charge in [-0.1, -0.05) is 6.07 Å². The number of aryl methyl sites for hydroxylation is 1.